The summed E-state index contributed by atoms with van der Waals surface area (Å²) in [6.07, 6.45) is -0.500. The van der Waals surface area contributed by atoms with Gasteiger partial charge in [0.05, 0.1) is 6.42 Å². The molecule has 0 fully saturated rings. The zero-order chi connectivity index (χ0) is 14.7. The van der Waals surface area contributed by atoms with Gasteiger partial charge in [-0.05, 0) is 12.1 Å². The van der Waals surface area contributed by atoms with Crippen LogP contribution in [0.5, 0.6) is 0 Å². The fourth-order valence-corrected chi connectivity index (χ4v) is 2.43. The Balaban J connectivity index is 2.23. The van der Waals surface area contributed by atoms with Crippen LogP contribution in [0.4, 0.5) is 5.69 Å². The largest absolute Gasteiger partial charge is 0.481 e. The molecule has 8 heteroatoms. The Morgan fingerprint density at radius 1 is 1.45 bits per heavy atom. The van der Waals surface area contributed by atoms with Crippen molar-refractivity contribution < 1.29 is 24.2 Å². The van der Waals surface area contributed by atoms with Crippen LogP contribution in [0.3, 0.4) is 0 Å². The molecule has 20 heavy (non-hydrogen) atoms. The third kappa shape index (κ3) is 3.21. The second-order valence-corrected chi connectivity index (χ2v) is 5.11. The Kier molecular flexibility index (Phi) is 4.14. The molecule has 0 spiro atoms. The average Bonchev–Trinajstić information content (AvgIpc) is 2.78. The molecule has 3 N–H and O–H groups in total. The van der Waals surface area contributed by atoms with Gasteiger partial charge in [0.2, 0.25) is 0 Å². The second kappa shape index (κ2) is 5.83. The first-order valence-electron chi connectivity index (χ1n) is 5.69. The Morgan fingerprint density at radius 3 is 2.80 bits per heavy atom. The van der Waals surface area contributed by atoms with Crippen molar-refractivity contribution in [2.45, 2.75) is 16.9 Å². The molecule has 0 amide bonds. The van der Waals surface area contributed by atoms with E-state index in [1.807, 2.05) is 6.07 Å². The number of aromatic nitrogens is 1. The summed E-state index contributed by atoms with van der Waals surface area (Å²) < 4.78 is 5.43. The molecule has 0 bridgehead atoms. The molecule has 0 aliphatic carbocycles. The number of aliphatic carboxylic acids is 2. The molecule has 1 unspecified atom stereocenters. The van der Waals surface area contributed by atoms with Gasteiger partial charge in [0.1, 0.15) is 10.8 Å². The quantitative estimate of drug-likeness (QED) is 0.693. The Hall–Kier alpha value is -2.22. The highest BCUT2D eigenvalue weighted by molar-refractivity contribution is 8.00. The molecule has 0 radical (unpaired) electrons. The lowest BCUT2D eigenvalue weighted by atomic mass is 10.3. The monoisotopic (exact) mass is 296 g/mol. The van der Waals surface area contributed by atoms with E-state index >= 15 is 0 Å². The summed E-state index contributed by atoms with van der Waals surface area (Å²) >= 11 is 0.786. The third-order valence-corrected chi connectivity index (χ3v) is 3.57. The molecule has 1 heterocycles. The van der Waals surface area contributed by atoms with Crippen molar-refractivity contribution in [3.05, 3.63) is 18.2 Å². The first-order valence-corrected chi connectivity index (χ1v) is 6.57. The molecule has 0 aliphatic heterocycles. The van der Waals surface area contributed by atoms with E-state index in [0.717, 1.165) is 17.4 Å². The molecule has 1 atom stereocenters. The number of nitrogens with one attached hydrogen (secondary N) is 1. The molecule has 0 saturated heterocycles. The van der Waals surface area contributed by atoms with Crippen LogP contribution in [0.2, 0.25) is 0 Å². The van der Waals surface area contributed by atoms with Crippen molar-refractivity contribution in [1.82, 2.24) is 4.98 Å². The highest BCUT2D eigenvalue weighted by Gasteiger charge is 2.24. The predicted molar refractivity (Wildman–Crippen MR) is 73.1 cm³/mol. The number of rotatable bonds is 6. The SMILES string of the molecule is CNc1ccc2nc(SC(CC(=O)O)C(=O)O)oc2c1. The van der Waals surface area contributed by atoms with Crippen LogP contribution in [0, 0.1) is 0 Å². The first kappa shape index (κ1) is 14.2. The van der Waals surface area contributed by atoms with E-state index in [4.69, 9.17) is 14.6 Å². The maximum Gasteiger partial charge on any atom is 0.317 e. The number of carboxylic acids is 2. The number of anilines is 1. The van der Waals surface area contributed by atoms with Gasteiger partial charge >= 0.3 is 11.9 Å². The molecular formula is C12H12N2O5S. The molecule has 7 nitrogen and oxygen atoms in total. The van der Waals surface area contributed by atoms with Crippen LogP contribution >= 0.6 is 11.8 Å². The lowest BCUT2D eigenvalue weighted by Crippen LogP contribution is -2.20. The summed E-state index contributed by atoms with van der Waals surface area (Å²) in [7, 11) is 1.76. The van der Waals surface area contributed by atoms with Gasteiger partial charge in [0.25, 0.3) is 5.22 Å². The molecule has 106 valence electrons. The summed E-state index contributed by atoms with van der Waals surface area (Å²) in [6.45, 7) is 0. The summed E-state index contributed by atoms with van der Waals surface area (Å²) in [5.41, 5.74) is 1.94. The van der Waals surface area contributed by atoms with Crippen molar-refractivity contribution in [1.29, 1.82) is 0 Å². The van der Waals surface area contributed by atoms with Gasteiger partial charge in [-0.1, -0.05) is 11.8 Å². The van der Waals surface area contributed by atoms with Crippen LogP contribution in [0.1, 0.15) is 6.42 Å². The van der Waals surface area contributed by atoms with E-state index < -0.39 is 23.6 Å². The van der Waals surface area contributed by atoms with Crippen LogP contribution in [0.25, 0.3) is 11.1 Å². The van der Waals surface area contributed by atoms with Crippen LogP contribution in [-0.2, 0) is 9.59 Å². The van der Waals surface area contributed by atoms with Crippen molar-refractivity contribution in [3.63, 3.8) is 0 Å². The molecular weight excluding hydrogens is 284 g/mol. The van der Waals surface area contributed by atoms with E-state index in [-0.39, 0.29) is 5.22 Å². The lowest BCUT2D eigenvalue weighted by Gasteiger charge is -2.05. The highest BCUT2D eigenvalue weighted by atomic mass is 32.2. The van der Waals surface area contributed by atoms with Crippen molar-refractivity contribution in [3.8, 4) is 0 Å². The Labute approximate surface area is 118 Å². The minimum atomic E-state index is -1.21. The van der Waals surface area contributed by atoms with Gasteiger partial charge in [-0.3, -0.25) is 9.59 Å². The minimum absolute atomic E-state index is 0.141. The summed E-state index contributed by atoms with van der Waals surface area (Å²) in [5.74, 6) is -2.39. The van der Waals surface area contributed by atoms with Gasteiger partial charge in [0.15, 0.2) is 5.58 Å². The number of nitrogens with zero attached hydrogens (tertiary/aromatic N) is 1. The van der Waals surface area contributed by atoms with E-state index in [1.165, 1.54) is 0 Å². The molecule has 0 saturated carbocycles. The zero-order valence-electron chi connectivity index (χ0n) is 10.5. The van der Waals surface area contributed by atoms with Gasteiger partial charge in [-0.2, -0.15) is 0 Å². The third-order valence-electron chi connectivity index (χ3n) is 2.54. The lowest BCUT2D eigenvalue weighted by molar-refractivity contribution is -0.142. The smallest absolute Gasteiger partial charge is 0.317 e. The summed E-state index contributed by atoms with van der Waals surface area (Å²) in [5, 5.41) is 19.6. The number of hydrogen-bond acceptors (Lipinski definition) is 6. The van der Waals surface area contributed by atoms with Gasteiger partial charge in [-0.15, -0.1) is 0 Å². The molecule has 2 rings (SSSR count). The van der Waals surface area contributed by atoms with Crippen molar-refractivity contribution in [2.24, 2.45) is 0 Å². The number of carbonyl (C=O) groups is 2. The molecule has 1 aromatic heterocycles. The van der Waals surface area contributed by atoms with Gasteiger partial charge in [0, 0.05) is 18.8 Å². The fraction of sp³-hybridized carbons (Fsp3) is 0.250. The number of fused-ring (bicyclic) bond motifs is 1. The van der Waals surface area contributed by atoms with Crippen LogP contribution < -0.4 is 5.32 Å². The standard InChI is InChI=1S/C12H12N2O5S/c1-13-6-2-3-7-8(4-6)19-12(14-7)20-9(11(17)18)5-10(15)16/h2-4,9,13H,5H2,1H3,(H,15,16)(H,17,18). The van der Waals surface area contributed by atoms with Crippen LogP contribution in [0.15, 0.2) is 27.8 Å². The average molecular weight is 296 g/mol. The summed E-state index contributed by atoms with van der Waals surface area (Å²) in [6, 6.07) is 5.28. The zero-order valence-corrected chi connectivity index (χ0v) is 11.3. The number of carboxylic acid groups (broad SMARTS) is 2. The van der Waals surface area contributed by atoms with E-state index in [1.54, 1.807) is 19.2 Å². The van der Waals surface area contributed by atoms with Crippen molar-refractivity contribution >= 4 is 40.5 Å². The first-order chi connectivity index (χ1) is 9.49. The Bertz CT molecular complexity index is 654. The maximum absolute atomic E-state index is 11.0. The normalized spacial score (nSPS) is 12.2. The van der Waals surface area contributed by atoms with Crippen LogP contribution in [-0.4, -0.2) is 39.4 Å². The predicted octanol–water partition coefficient (Wildman–Crippen LogP) is 1.89. The maximum atomic E-state index is 11.0. The highest BCUT2D eigenvalue weighted by Crippen LogP contribution is 2.29. The number of oxazole rings is 1. The van der Waals surface area contributed by atoms with E-state index in [0.29, 0.717) is 11.1 Å². The second-order valence-electron chi connectivity index (χ2n) is 3.95. The van der Waals surface area contributed by atoms with E-state index in [9.17, 15) is 9.59 Å². The number of thioether (sulfide) groups is 1. The Morgan fingerprint density at radius 2 is 2.20 bits per heavy atom. The summed E-state index contributed by atoms with van der Waals surface area (Å²) in [4.78, 5) is 25.7. The van der Waals surface area contributed by atoms with E-state index in [2.05, 4.69) is 10.3 Å². The molecule has 0 aliphatic rings. The fourth-order valence-electron chi connectivity index (χ4n) is 1.57. The molecule has 1 aromatic carbocycles. The van der Waals surface area contributed by atoms with Gasteiger partial charge in [-0.25, -0.2) is 4.98 Å². The number of benzene rings is 1. The molecule has 2 aromatic rings. The minimum Gasteiger partial charge on any atom is -0.481 e. The topological polar surface area (TPSA) is 113 Å². The van der Waals surface area contributed by atoms with Gasteiger partial charge < -0.3 is 19.9 Å². The number of hydrogen-bond donors (Lipinski definition) is 3. The van der Waals surface area contributed by atoms with Crippen molar-refractivity contribution in [2.75, 3.05) is 12.4 Å².